The van der Waals surface area contributed by atoms with E-state index >= 15 is 4.39 Å². The van der Waals surface area contributed by atoms with Gasteiger partial charge in [0.15, 0.2) is 11.3 Å². The van der Waals surface area contributed by atoms with E-state index in [1.807, 2.05) is 29.9 Å². The van der Waals surface area contributed by atoms with E-state index in [2.05, 4.69) is 10.1 Å². The number of hydrogen-bond donors (Lipinski definition) is 0. The fraction of sp³-hybridized carbons (Fsp3) is 0.500. The average molecular weight is 469 g/mol. The Labute approximate surface area is 196 Å². The van der Waals surface area contributed by atoms with E-state index in [9.17, 15) is 0 Å². The van der Waals surface area contributed by atoms with Crippen LogP contribution in [0.1, 0.15) is 13.3 Å². The summed E-state index contributed by atoms with van der Waals surface area (Å²) in [5.74, 6) is 0.988. The van der Waals surface area contributed by atoms with Crippen molar-refractivity contribution in [3.05, 3.63) is 48.0 Å². The van der Waals surface area contributed by atoms with Gasteiger partial charge in [-0.3, -0.25) is 14.7 Å². The van der Waals surface area contributed by atoms with Crippen molar-refractivity contribution in [1.29, 1.82) is 0 Å². The summed E-state index contributed by atoms with van der Waals surface area (Å²) < 4.78 is 35.9. The highest BCUT2D eigenvalue weighted by Gasteiger charge is 2.45. The predicted molar refractivity (Wildman–Crippen MR) is 123 cm³/mol. The highest BCUT2D eigenvalue weighted by atomic mass is 19.1. The smallest absolute Gasteiger partial charge is 0.160 e. The van der Waals surface area contributed by atoms with E-state index in [4.69, 9.17) is 24.2 Å². The molecular weight excluding hydrogens is 439 g/mol. The first-order chi connectivity index (χ1) is 16.4. The Balaban J connectivity index is 1.67. The van der Waals surface area contributed by atoms with Gasteiger partial charge in [0.2, 0.25) is 0 Å². The summed E-state index contributed by atoms with van der Waals surface area (Å²) in [5, 5.41) is 4.24. The number of nitrogens with zero attached hydrogens (tertiary/aromatic N) is 6. The standard InChI is InChI=1S/C24H29FN6O3/c1-24(25)20(7-17(32-3)8-21(24)33-4)29-22-6-5-18-23(31(22)11-15-13-34-14-15)28-19(10-26-18)16-9-27-30(2)12-16/h5-7,9-10,12,15,20-21H,8,11,13-14H2,1-4H3. The molecule has 4 heterocycles. The third kappa shape index (κ3) is 4.12. The normalized spacial score (nSPS) is 25.9. The third-order valence-electron chi connectivity index (χ3n) is 6.61. The second-order valence-electron chi connectivity index (χ2n) is 9.06. The lowest BCUT2D eigenvalue weighted by molar-refractivity contribution is -0.0481. The van der Waals surface area contributed by atoms with Gasteiger partial charge in [-0.2, -0.15) is 5.10 Å². The minimum Gasteiger partial charge on any atom is -0.501 e. The average Bonchev–Trinajstić information content (AvgIpc) is 3.24. The molecule has 0 spiro atoms. The summed E-state index contributed by atoms with van der Waals surface area (Å²) in [4.78, 5) is 14.4. The Morgan fingerprint density at radius 3 is 2.74 bits per heavy atom. The quantitative estimate of drug-likeness (QED) is 0.552. The molecule has 0 saturated carbocycles. The second-order valence-corrected chi connectivity index (χ2v) is 9.06. The molecule has 0 amide bonds. The molecule has 0 radical (unpaired) electrons. The van der Waals surface area contributed by atoms with E-state index < -0.39 is 17.8 Å². The molecule has 180 valence electrons. The summed E-state index contributed by atoms with van der Waals surface area (Å²) >= 11 is 0. The highest BCUT2D eigenvalue weighted by Crippen LogP contribution is 2.35. The molecule has 34 heavy (non-hydrogen) atoms. The summed E-state index contributed by atoms with van der Waals surface area (Å²) in [7, 11) is 4.96. The second kappa shape index (κ2) is 8.92. The lowest BCUT2D eigenvalue weighted by atomic mass is 9.84. The fourth-order valence-corrected chi connectivity index (χ4v) is 4.44. The van der Waals surface area contributed by atoms with Crippen LogP contribution in [0.4, 0.5) is 4.39 Å². The van der Waals surface area contributed by atoms with Gasteiger partial charge in [0.1, 0.15) is 23.2 Å². The molecule has 3 unspecified atom stereocenters. The first kappa shape index (κ1) is 22.7. The van der Waals surface area contributed by atoms with Crippen LogP contribution in [-0.4, -0.2) is 69.6 Å². The molecule has 5 rings (SSSR count). The van der Waals surface area contributed by atoms with Crippen molar-refractivity contribution in [3.63, 3.8) is 0 Å². The van der Waals surface area contributed by atoms with Gasteiger partial charge in [-0.1, -0.05) is 0 Å². The molecule has 1 fully saturated rings. The van der Waals surface area contributed by atoms with Crippen LogP contribution in [0.15, 0.2) is 47.6 Å². The van der Waals surface area contributed by atoms with Crippen LogP contribution in [0.25, 0.3) is 22.4 Å². The van der Waals surface area contributed by atoms with Crippen molar-refractivity contribution in [2.24, 2.45) is 18.0 Å². The number of hydrogen-bond acceptors (Lipinski definition) is 7. The summed E-state index contributed by atoms with van der Waals surface area (Å²) in [6.45, 7) is 3.51. The lowest BCUT2D eigenvalue weighted by Gasteiger charge is -2.37. The molecule has 1 saturated heterocycles. The number of methoxy groups -OCH3 is 2. The summed E-state index contributed by atoms with van der Waals surface area (Å²) in [5.41, 5.74) is 1.93. The maximum atomic E-state index is 15.9. The van der Waals surface area contributed by atoms with Crippen LogP contribution in [0, 0.1) is 5.92 Å². The molecule has 0 aromatic carbocycles. The minimum absolute atomic E-state index is 0.327. The Bertz CT molecular complexity index is 1290. The number of aromatic nitrogens is 5. The van der Waals surface area contributed by atoms with E-state index in [-0.39, 0.29) is 0 Å². The molecule has 10 heteroatoms. The Morgan fingerprint density at radius 1 is 1.26 bits per heavy atom. The maximum absolute atomic E-state index is 15.9. The van der Waals surface area contributed by atoms with Crippen molar-refractivity contribution in [2.75, 3.05) is 27.4 Å². The van der Waals surface area contributed by atoms with Gasteiger partial charge in [0.25, 0.3) is 0 Å². The van der Waals surface area contributed by atoms with Crippen LogP contribution >= 0.6 is 0 Å². The number of ether oxygens (including phenoxy) is 3. The van der Waals surface area contributed by atoms with Crippen molar-refractivity contribution < 1.29 is 18.6 Å². The van der Waals surface area contributed by atoms with Crippen molar-refractivity contribution in [2.45, 2.75) is 37.7 Å². The number of aryl methyl sites for hydroxylation is 1. The Kier molecular flexibility index (Phi) is 5.95. The molecule has 3 atom stereocenters. The molecule has 2 aliphatic rings. The summed E-state index contributed by atoms with van der Waals surface area (Å²) in [6, 6.07) is 2.96. The van der Waals surface area contributed by atoms with Crippen LogP contribution in [0.5, 0.6) is 0 Å². The van der Waals surface area contributed by atoms with Gasteiger partial charge in [-0.05, 0) is 25.1 Å². The Hall–Kier alpha value is -3.11. The Morgan fingerprint density at radius 2 is 2.09 bits per heavy atom. The van der Waals surface area contributed by atoms with Gasteiger partial charge < -0.3 is 18.8 Å². The van der Waals surface area contributed by atoms with E-state index in [0.29, 0.717) is 54.7 Å². The third-order valence-corrected chi connectivity index (χ3v) is 6.61. The predicted octanol–water partition coefficient (Wildman–Crippen LogP) is 2.42. The minimum atomic E-state index is -1.70. The zero-order chi connectivity index (χ0) is 23.9. The molecule has 1 aliphatic carbocycles. The van der Waals surface area contributed by atoms with Crippen LogP contribution in [-0.2, 0) is 27.8 Å². The first-order valence-corrected chi connectivity index (χ1v) is 11.3. The number of fused-ring (bicyclic) bond motifs is 1. The molecule has 1 aliphatic heterocycles. The van der Waals surface area contributed by atoms with E-state index in [0.717, 1.165) is 11.1 Å². The zero-order valence-corrected chi connectivity index (χ0v) is 19.8. The van der Waals surface area contributed by atoms with Crippen LogP contribution < -0.4 is 5.49 Å². The van der Waals surface area contributed by atoms with Crippen molar-refractivity contribution >= 4 is 11.2 Å². The lowest BCUT2D eigenvalue weighted by Crippen LogP contribution is -2.49. The van der Waals surface area contributed by atoms with Crippen molar-refractivity contribution in [1.82, 2.24) is 24.3 Å². The van der Waals surface area contributed by atoms with Crippen LogP contribution in [0.3, 0.4) is 0 Å². The first-order valence-electron chi connectivity index (χ1n) is 11.3. The SMILES string of the molecule is COC1=CC(N=c2ccc3ncc(-c4cnn(C)c4)nc3n2CC2COC2)C(C)(F)C(OC)C1. The number of halogens is 1. The number of alkyl halides is 1. The molecule has 9 nitrogen and oxygen atoms in total. The van der Waals surface area contributed by atoms with Crippen LogP contribution in [0.2, 0.25) is 0 Å². The molecule has 0 bridgehead atoms. The van der Waals surface area contributed by atoms with E-state index in [1.165, 1.54) is 14.0 Å². The zero-order valence-electron chi connectivity index (χ0n) is 19.8. The highest BCUT2D eigenvalue weighted by molar-refractivity contribution is 5.73. The van der Waals surface area contributed by atoms with Crippen molar-refractivity contribution in [3.8, 4) is 11.3 Å². The maximum Gasteiger partial charge on any atom is 0.160 e. The molecular formula is C24H29FN6O3. The molecule has 3 aromatic rings. The largest absolute Gasteiger partial charge is 0.501 e. The topological polar surface area (TPSA) is 88.6 Å². The molecule has 0 N–H and O–H groups in total. The number of rotatable bonds is 6. The number of pyridine rings is 1. The van der Waals surface area contributed by atoms with Gasteiger partial charge in [-0.15, -0.1) is 0 Å². The van der Waals surface area contributed by atoms with Gasteiger partial charge in [0, 0.05) is 44.8 Å². The monoisotopic (exact) mass is 468 g/mol. The summed E-state index contributed by atoms with van der Waals surface area (Å²) in [6.07, 6.45) is 6.84. The van der Waals surface area contributed by atoms with Gasteiger partial charge >= 0.3 is 0 Å². The fourth-order valence-electron chi connectivity index (χ4n) is 4.44. The van der Waals surface area contributed by atoms with Gasteiger partial charge in [0.05, 0.1) is 44.2 Å². The van der Waals surface area contributed by atoms with E-state index in [1.54, 1.807) is 30.3 Å². The molecule has 3 aromatic heterocycles. The van der Waals surface area contributed by atoms with Gasteiger partial charge in [-0.25, -0.2) is 9.37 Å².